The highest BCUT2D eigenvalue weighted by atomic mass is 32.1. The molecule has 0 spiro atoms. The monoisotopic (exact) mass is 389 g/mol. The first-order valence-electron chi connectivity index (χ1n) is 9.05. The Morgan fingerprint density at radius 1 is 0.577 bits per heavy atom. The molecule has 0 unspecified atom stereocenters. The Hall–Kier alpha value is -0.980. The van der Waals surface area contributed by atoms with Crippen LogP contribution in [-0.2, 0) is 13.1 Å². The molecular weight excluding hydrogens is 358 g/mol. The van der Waals surface area contributed by atoms with Crippen LogP contribution in [0.1, 0.15) is 11.1 Å². The van der Waals surface area contributed by atoms with E-state index in [1.165, 1.54) is 11.1 Å². The van der Waals surface area contributed by atoms with Crippen molar-refractivity contribution in [3.63, 3.8) is 0 Å². The van der Waals surface area contributed by atoms with Crippen LogP contribution in [0.15, 0.2) is 58.3 Å². The van der Waals surface area contributed by atoms with Gasteiger partial charge in [-0.3, -0.25) is 0 Å². The maximum atomic E-state index is 4.54. The molecular formula is C21H31N3S2. The van der Waals surface area contributed by atoms with Crippen LogP contribution >= 0.6 is 25.3 Å². The lowest BCUT2D eigenvalue weighted by atomic mass is 10.2. The first-order chi connectivity index (χ1) is 12.5. The van der Waals surface area contributed by atoms with Gasteiger partial charge in [0, 0.05) is 49.1 Å². The van der Waals surface area contributed by atoms with Gasteiger partial charge < -0.3 is 14.7 Å². The summed E-state index contributed by atoms with van der Waals surface area (Å²) in [5.41, 5.74) is 2.57. The molecule has 2 aromatic carbocycles. The van der Waals surface area contributed by atoms with Crippen molar-refractivity contribution >= 4 is 25.3 Å². The first-order valence-corrected chi connectivity index (χ1v) is 9.94. The average Bonchev–Trinajstić information content (AvgIpc) is 2.62. The molecule has 26 heavy (non-hydrogen) atoms. The van der Waals surface area contributed by atoms with E-state index in [0.29, 0.717) is 0 Å². The molecule has 0 aromatic heterocycles. The second kappa shape index (κ2) is 11.0. The summed E-state index contributed by atoms with van der Waals surface area (Å²) in [6, 6.07) is 16.6. The van der Waals surface area contributed by atoms with E-state index in [0.717, 1.165) is 49.1 Å². The Morgan fingerprint density at radius 3 is 1.31 bits per heavy atom. The summed E-state index contributed by atoms with van der Waals surface area (Å²) < 4.78 is 0. The molecule has 5 heteroatoms. The molecule has 0 aliphatic heterocycles. The Kier molecular flexibility index (Phi) is 9.02. The van der Waals surface area contributed by atoms with E-state index < -0.39 is 0 Å². The van der Waals surface area contributed by atoms with Crippen LogP contribution in [0, 0.1) is 0 Å². The van der Waals surface area contributed by atoms with Crippen LogP contribution in [0.5, 0.6) is 0 Å². The van der Waals surface area contributed by atoms with Crippen molar-refractivity contribution in [2.45, 2.75) is 22.9 Å². The van der Waals surface area contributed by atoms with E-state index in [2.05, 4.69) is 97.5 Å². The van der Waals surface area contributed by atoms with E-state index in [1.54, 1.807) is 0 Å². The molecule has 0 heterocycles. The van der Waals surface area contributed by atoms with Crippen molar-refractivity contribution in [1.29, 1.82) is 0 Å². The SMILES string of the molecule is CN(CCN(C)Cc1ccccc1S)CCN(C)Cc1ccccc1S. The van der Waals surface area contributed by atoms with Gasteiger partial charge in [-0.15, -0.1) is 25.3 Å². The number of hydrogen-bond acceptors (Lipinski definition) is 5. The molecule has 2 aromatic rings. The minimum Gasteiger partial charge on any atom is -0.304 e. The van der Waals surface area contributed by atoms with Gasteiger partial charge in [0.25, 0.3) is 0 Å². The lowest BCUT2D eigenvalue weighted by Crippen LogP contribution is -2.35. The molecule has 0 amide bonds. The molecule has 0 saturated heterocycles. The van der Waals surface area contributed by atoms with Gasteiger partial charge in [-0.1, -0.05) is 36.4 Å². The van der Waals surface area contributed by atoms with Crippen LogP contribution in [0.3, 0.4) is 0 Å². The second-order valence-corrected chi connectivity index (χ2v) is 8.00. The highest BCUT2D eigenvalue weighted by Gasteiger charge is 2.07. The Balaban J connectivity index is 1.67. The lowest BCUT2D eigenvalue weighted by Gasteiger charge is -2.25. The Bertz CT molecular complexity index is 620. The largest absolute Gasteiger partial charge is 0.304 e. The summed E-state index contributed by atoms with van der Waals surface area (Å²) in [6.45, 7) is 6.08. The minimum atomic E-state index is 0.937. The predicted molar refractivity (Wildman–Crippen MR) is 118 cm³/mol. The number of likely N-dealkylation sites (N-methyl/N-ethyl adjacent to an activating group) is 3. The quantitative estimate of drug-likeness (QED) is 0.600. The van der Waals surface area contributed by atoms with Gasteiger partial charge in [-0.2, -0.15) is 0 Å². The smallest absolute Gasteiger partial charge is 0.0242 e. The molecule has 0 saturated carbocycles. The van der Waals surface area contributed by atoms with Crippen molar-refractivity contribution in [3.8, 4) is 0 Å². The van der Waals surface area contributed by atoms with Crippen molar-refractivity contribution < 1.29 is 0 Å². The molecule has 0 fully saturated rings. The summed E-state index contributed by atoms with van der Waals surface area (Å²) in [6.07, 6.45) is 0. The minimum absolute atomic E-state index is 0.937. The fraction of sp³-hybridized carbons (Fsp3) is 0.429. The third-order valence-electron chi connectivity index (χ3n) is 4.59. The van der Waals surface area contributed by atoms with E-state index >= 15 is 0 Å². The zero-order valence-electron chi connectivity index (χ0n) is 16.1. The van der Waals surface area contributed by atoms with Gasteiger partial charge in [0.2, 0.25) is 0 Å². The van der Waals surface area contributed by atoms with Gasteiger partial charge in [-0.05, 0) is 44.4 Å². The molecule has 0 radical (unpaired) electrons. The maximum absolute atomic E-state index is 4.54. The molecule has 0 bridgehead atoms. The van der Waals surface area contributed by atoms with E-state index in [9.17, 15) is 0 Å². The fourth-order valence-electron chi connectivity index (χ4n) is 2.82. The van der Waals surface area contributed by atoms with Crippen LogP contribution in [0.25, 0.3) is 0 Å². The topological polar surface area (TPSA) is 9.72 Å². The van der Waals surface area contributed by atoms with Crippen LogP contribution in [0.4, 0.5) is 0 Å². The molecule has 0 aliphatic rings. The number of hydrogen-bond donors (Lipinski definition) is 2. The molecule has 0 atom stereocenters. The predicted octanol–water partition coefficient (Wildman–Crippen LogP) is 3.76. The highest BCUT2D eigenvalue weighted by molar-refractivity contribution is 7.80. The van der Waals surface area contributed by atoms with E-state index in [4.69, 9.17) is 0 Å². The second-order valence-electron chi connectivity index (χ2n) is 7.04. The van der Waals surface area contributed by atoms with Crippen LogP contribution in [0.2, 0.25) is 0 Å². The molecule has 2 rings (SSSR count). The lowest BCUT2D eigenvalue weighted by molar-refractivity contribution is 0.220. The van der Waals surface area contributed by atoms with Crippen molar-refractivity contribution in [1.82, 2.24) is 14.7 Å². The summed E-state index contributed by atoms with van der Waals surface area (Å²) >= 11 is 9.07. The summed E-state index contributed by atoms with van der Waals surface area (Å²) in [5.74, 6) is 0. The normalized spacial score (nSPS) is 11.7. The number of rotatable bonds is 10. The van der Waals surface area contributed by atoms with Crippen molar-refractivity contribution in [2.75, 3.05) is 47.3 Å². The van der Waals surface area contributed by atoms with Crippen LogP contribution in [-0.4, -0.2) is 62.0 Å². The third-order valence-corrected chi connectivity index (χ3v) is 5.46. The van der Waals surface area contributed by atoms with Gasteiger partial charge >= 0.3 is 0 Å². The molecule has 3 nitrogen and oxygen atoms in total. The van der Waals surface area contributed by atoms with Gasteiger partial charge in [0.15, 0.2) is 0 Å². The Morgan fingerprint density at radius 2 is 0.923 bits per heavy atom. The zero-order chi connectivity index (χ0) is 18.9. The van der Waals surface area contributed by atoms with Gasteiger partial charge in [0.1, 0.15) is 0 Å². The van der Waals surface area contributed by atoms with E-state index in [1.807, 2.05) is 12.1 Å². The third kappa shape index (κ3) is 7.33. The van der Waals surface area contributed by atoms with Crippen LogP contribution < -0.4 is 0 Å². The number of thiol groups is 2. The molecule has 0 N–H and O–H groups in total. The van der Waals surface area contributed by atoms with Crippen molar-refractivity contribution in [3.05, 3.63) is 59.7 Å². The number of benzene rings is 2. The maximum Gasteiger partial charge on any atom is 0.0242 e. The average molecular weight is 390 g/mol. The Labute approximate surface area is 169 Å². The first kappa shape index (κ1) is 21.3. The fourth-order valence-corrected chi connectivity index (χ4v) is 3.29. The summed E-state index contributed by atoms with van der Waals surface area (Å²) in [4.78, 5) is 9.24. The summed E-state index contributed by atoms with van der Waals surface area (Å²) in [5, 5.41) is 0. The van der Waals surface area contributed by atoms with E-state index in [-0.39, 0.29) is 0 Å². The molecule has 0 aliphatic carbocycles. The molecule has 142 valence electrons. The van der Waals surface area contributed by atoms with Crippen molar-refractivity contribution in [2.24, 2.45) is 0 Å². The summed E-state index contributed by atoms with van der Waals surface area (Å²) in [7, 11) is 6.54. The highest BCUT2D eigenvalue weighted by Crippen LogP contribution is 2.15. The van der Waals surface area contributed by atoms with Gasteiger partial charge in [-0.25, -0.2) is 0 Å². The number of nitrogens with zero attached hydrogens (tertiary/aromatic N) is 3. The van der Waals surface area contributed by atoms with Gasteiger partial charge in [0.05, 0.1) is 0 Å². The zero-order valence-corrected chi connectivity index (χ0v) is 17.9. The standard InChI is InChI=1S/C21H31N3S2/c1-22(12-14-23(2)16-18-8-4-6-10-20(18)25)13-15-24(3)17-19-9-5-7-11-21(19)26/h4-11,25-26H,12-17H2,1-3H3.